The number of alkyl carbamates (subject to hydrolysis) is 1. The molecule has 0 radical (unpaired) electrons. The van der Waals surface area contributed by atoms with Gasteiger partial charge in [0.2, 0.25) is 10.0 Å². The number of rotatable bonds is 9. The summed E-state index contributed by atoms with van der Waals surface area (Å²) in [6.45, 7) is 7.50. The fraction of sp³-hybridized carbons (Fsp3) is 0.632. The van der Waals surface area contributed by atoms with E-state index in [1.807, 2.05) is 6.92 Å². The van der Waals surface area contributed by atoms with Gasteiger partial charge in [-0.1, -0.05) is 19.8 Å². The highest BCUT2D eigenvalue weighted by atomic mass is 79.9. The van der Waals surface area contributed by atoms with Crippen LogP contribution in [0, 0.1) is 0 Å². The number of hydrogen-bond acceptors (Lipinski definition) is 5. The van der Waals surface area contributed by atoms with E-state index in [1.54, 1.807) is 26.8 Å². The maximum absolute atomic E-state index is 13.3. The van der Waals surface area contributed by atoms with Crippen molar-refractivity contribution >= 4 is 48.0 Å². The van der Waals surface area contributed by atoms with E-state index in [-0.39, 0.29) is 11.4 Å². The molecule has 0 fully saturated rings. The van der Waals surface area contributed by atoms with Crippen LogP contribution in [-0.2, 0) is 14.8 Å². The third kappa shape index (κ3) is 7.73. The number of hydrogen-bond donors (Lipinski definition) is 1. The SMILES string of the molecule is CCCCC(CNC(=O)OC(C)(C)C)N(C)S(=O)(=O)c1cc(OC)c(Br)cc1Br. The molecule has 0 aliphatic carbocycles. The molecule has 1 amide bonds. The van der Waals surface area contributed by atoms with Gasteiger partial charge in [0.15, 0.2) is 0 Å². The van der Waals surface area contributed by atoms with E-state index in [4.69, 9.17) is 9.47 Å². The molecule has 0 saturated carbocycles. The first-order chi connectivity index (χ1) is 13.3. The Kier molecular flexibility index (Phi) is 9.91. The lowest BCUT2D eigenvalue weighted by Crippen LogP contribution is -2.45. The summed E-state index contributed by atoms with van der Waals surface area (Å²) in [6, 6.07) is 2.69. The lowest BCUT2D eigenvalue weighted by molar-refractivity contribution is 0.0516. The number of unbranched alkanes of at least 4 members (excludes halogenated alkanes) is 1. The Hall–Kier alpha value is -0.840. The molecule has 1 rings (SSSR count). The van der Waals surface area contributed by atoms with Gasteiger partial charge in [0.1, 0.15) is 16.2 Å². The minimum absolute atomic E-state index is 0.0961. The third-order valence-electron chi connectivity index (χ3n) is 4.15. The third-order valence-corrected chi connectivity index (χ3v) is 7.64. The van der Waals surface area contributed by atoms with Gasteiger partial charge in [-0.15, -0.1) is 0 Å². The summed E-state index contributed by atoms with van der Waals surface area (Å²) in [7, 11) is -0.842. The maximum atomic E-state index is 13.3. The Labute approximate surface area is 190 Å². The van der Waals surface area contributed by atoms with Gasteiger partial charge >= 0.3 is 6.09 Å². The first kappa shape index (κ1) is 26.2. The Morgan fingerprint density at radius 2 is 1.86 bits per heavy atom. The van der Waals surface area contributed by atoms with Crippen LogP contribution in [0.1, 0.15) is 47.0 Å². The van der Waals surface area contributed by atoms with Gasteiger partial charge in [-0.3, -0.25) is 0 Å². The van der Waals surface area contributed by atoms with Crippen LogP contribution in [0.15, 0.2) is 26.0 Å². The van der Waals surface area contributed by atoms with E-state index < -0.39 is 27.8 Å². The van der Waals surface area contributed by atoms with Crippen molar-refractivity contribution in [2.24, 2.45) is 0 Å². The number of sulfonamides is 1. The Bertz CT molecular complexity index is 810. The highest BCUT2D eigenvalue weighted by molar-refractivity contribution is 9.11. The summed E-state index contributed by atoms with van der Waals surface area (Å²) in [5.41, 5.74) is -0.625. The fourth-order valence-electron chi connectivity index (χ4n) is 2.58. The number of amides is 1. The molecule has 166 valence electrons. The number of carbonyl (C=O) groups excluding carboxylic acids is 1. The van der Waals surface area contributed by atoms with E-state index in [0.717, 1.165) is 12.8 Å². The summed E-state index contributed by atoms with van der Waals surface area (Å²) in [4.78, 5) is 12.1. The number of benzene rings is 1. The van der Waals surface area contributed by atoms with Crippen molar-refractivity contribution in [1.29, 1.82) is 0 Å². The number of methoxy groups -OCH3 is 1. The molecule has 0 heterocycles. The normalized spacial score (nSPS) is 13.3. The molecule has 1 atom stereocenters. The molecule has 0 aliphatic rings. The Morgan fingerprint density at radius 3 is 2.38 bits per heavy atom. The zero-order valence-electron chi connectivity index (χ0n) is 17.7. The zero-order valence-corrected chi connectivity index (χ0v) is 21.7. The molecular weight excluding hydrogens is 528 g/mol. The molecule has 0 spiro atoms. The molecule has 1 unspecified atom stereocenters. The average molecular weight is 558 g/mol. The maximum Gasteiger partial charge on any atom is 0.407 e. The Morgan fingerprint density at radius 1 is 1.24 bits per heavy atom. The highest BCUT2D eigenvalue weighted by Gasteiger charge is 2.31. The number of nitrogens with zero attached hydrogens (tertiary/aromatic N) is 1. The Balaban J connectivity index is 3.11. The van der Waals surface area contributed by atoms with Gasteiger partial charge in [0.05, 0.1) is 11.6 Å². The number of likely N-dealkylation sites (N-methyl/N-ethyl adjacent to an activating group) is 1. The molecule has 0 bridgehead atoms. The number of nitrogens with one attached hydrogen (secondary N) is 1. The minimum atomic E-state index is -3.84. The van der Waals surface area contributed by atoms with Crippen LogP contribution in [0.2, 0.25) is 0 Å². The van der Waals surface area contributed by atoms with Crippen LogP contribution in [0.25, 0.3) is 0 Å². The van der Waals surface area contributed by atoms with Crippen LogP contribution in [-0.4, -0.2) is 51.2 Å². The van der Waals surface area contributed by atoms with Gasteiger partial charge < -0.3 is 14.8 Å². The summed E-state index contributed by atoms with van der Waals surface area (Å²) < 4.78 is 39.4. The van der Waals surface area contributed by atoms with E-state index >= 15 is 0 Å². The molecule has 1 aromatic carbocycles. The summed E-state index contributed by atoms with van der Waals surface area (Å²) >= 11 is 6.68. The van der Waals surface area contributed by atoms with Crippen molar-refractivity contribution in [2.75, 3.05) is 20.7 Å². The van der Waals surface area contributed by atoms with E-state index in [0.29, 0.717) is 21.1 Å². The molecule has 1 aromatic rings. The van der Waals surface area contributed by atoms with E-state index in [1.165, 1.54) is 24.5 Å². The van der Waals surface area contributed by atoms with Crippen LogP contribution in [0.4, 0.5) is 4.79 Å². The molecule has 1 N–H and O–H groups in total. The van der Waals surface area contributed by atoms with E-state index in [9.17, 15) is 13.2 Å². The number of carbonyl (C=O) groups is 1. The molecular formula is C19H30Br2N2O5S. The first-order valence-electron chi connectivity index (χ1n) is 9.31. The minimum Gasteiger partial charge on any atom is -0.496 e. The van der Waals surface area contributed by atoms with Crippen LogP contribution in [0.3, 0.4) is 0 Å². The lowest BCUT2D eigenvalue weighted by atomic mass is 10.1. The van der Waals surface area contributed by atoms with Crippen molar-refractivity contribution in [3.8, 4) is 5.75 Å². The molecule has 29 heavy (non-hydrogen) atoms. The molecule has 10 heteroatoms. The highest BCUT2D eigenvalue weighted by Crippen LogP contribution is 2.35. The second-order valence-corrected chi connectivity index (χ2v) is 11.3. The van der Waals surface area contributed by atoms with Crippen molar-refractivity contribution in [1.82, 2.24) is 9.62 Å². The van der Waals surface area contributed by atoms with Gasteiger partial charge in [0.25, 0.3) is 0 Å². The van der Waals surface area contributed by atoms with Gasteiger partial charge in [-0.2, -0.15) is 4.31 Å². The van der Waals surface area contributed by atoms with Crippen molar-refractivity contribution in [3.63, 3.8) is 0 Å². The van der Waals surface area contributed by atoms with Crippen molar-refractivity contribution in [3.05, 3.63) is 21.1 Å². The van der Waals surface area contributed by atoms with Crippen LogP contribution < -0.4 is 10.1 Å². The molecule has 7 nitrogen and oxygen atoms in total. The zero-order chi connectivity index (χ0) is 22.4. The van der Waals surface area contributed by atoms with E-state index in [2.05, 4.69) is 37.2 Å². The monoisotopic (exact) mass is 556 g/mol. The predicted molar refractivity (Wildman–Crippen MR) is 121 cm³/mol. The predicted octanol–water partition coefficient (Wildman–Crippen LogP) is 4.92. The second-order valence-electron chi connectivity index (χ2n) is 7.62. The smallest absolute Gasteiger partial charge is 0.407 e. The van der Waals surface area contributed by atoms with Crippen molar-refractivity contribution in [2.45, 2.75) is 63.5 Å². The summed E-state index contributed by atoms with van der Waals surface area (Å²) in [5.74, 6) is 0.414. The quantitative estimate of drug-likeness (QED) is 0.465. The molecule has 0 aliphatic heterocycles. The van der Waals surface area contributed by atoms with Crippen LogP contribution in [0.5, 0.6) is 5.75 Å². The number of halogens is 2. The van der Waals surface area contributed by atoms with Gasteiger partial charge in [-0.05, 0) is 65.1 Å². The summed E-state index contributed by atoms with van der Waals surface area (Å²) in [6.07, 6.45) is 1.77. The van der Waals surface area contributed by atoms with Crippen LogP contribution >= 0.6 is 31.9 Å². The topological polar surface area (TPSA) is 84.9 Å². The number of ether oxygens (including phenoxy) is 2. The molecule has 0 saturated heterocycles. The largest absolute Gasteiger partial charge is 0.496 e. The standard InChI is InChI=1S/C19H30Br2N2O5S/c1-7-8-9-13(12-22-18(24)28-19(2,3)4)23(5)29(25,26)17-11-16(27-6)14(20)10-15(17)21/h10-11,13H,7-9,12H2,1-6H3,(H,22,24). The lowest BCUT2D eigenvalue weighted by Gasteiger charge is -2.29. The molecule has 0 aromatic heterocycles. The average Bonchev–Trinajstić information content (AvgIpc) is 2.59. The van der Waals surface area contributed by atoms with Gasteiger partial charge in [-0.25, -0.2) is 13.2 Å². The first-order valence-corrected chi connectivity index (χ1v) is 12.3. The fourth-order valence-corrected chi connectivity index (χ4v) is 5.80. The second kappa shape index (κ2) is 11.0. The summed E-state index contributed by atoms with van der Waals surface area (Å²) in [5, 5.41) is 2.69. The van der Waals surface area contributed by atoms with Gasteiger partial charge in [0, 0.05) is 30.2 Å². The van der Waals surface area contributed by atoms with Crippen molar-refractivity contribution < 1.29 is 22.7 Å².